The summed E-state index contributed by atoms with van der Waals surface area (Å²) in [4.78, 5) is 14.1. The Hall–Kier alpha value is -1.68. The Balaban J connectivity index is 1.40. The van der Waals surface area contributed by atoms with Gasteiger partial charge in [0.15, 0.2) is 8.68 Å². The molecule has 3 aromatic rings. The normalized spacial score (nSPS) is 11.1. The third-order valence-electron chi connectivity index (χ3n) is 3.06. The van der Waals surface area contributed by atoms with Crippen LogP contribution in [0.5, 0.6) is 0 Å². The first kappa shape index (κ1) is 19.1. The van der Waals surface area contributed by atoms with Crippen molar-refractivity contribution in [2.45, 2.75) is 21.4 Å². The smallest absolute Gasteiger partial charge is 0.250 e. The van der Waals surface area contributed by atoms with E-state index in [0.717, 1.165) is 19.3 Å². The minimum atomic E-state index is -0.159. The molecule has 2 heterocycles. The number of nitrogens with one attached hydrogen (secondary N) is 1. The summed E-state index contributed by atoms with van der Waals surface area (Å²) in [5.74, 6) is 0.962. The molecule has 0 saturated carbocycles. The maximum atomic E-state index is 11.8. The van der Waals surface area contributed by atoms with E-state index in [9.17, 15) is 4.79 Å². The van der Waals surface area contributed by atoms with Gasteiger partial charge in [-0.1, -0.05) is 65.2 Å². The molecule has 0 aliphatic heterocycles. The Morgan fingerprint density at radius 1 is 1.12 bits per heavy atom. The molecule has 0 radical (unpaired) electrons. The average molecular weight is 421 g/mol. The number of aromatic nitrogens is 2. The fourth-order valence-electron chi connectivity index (χ4n) is 1.88. The lowest BCUT2D eigenvalue weighted by molar-refractivity contribution is -0.118. The zero-order valence-electron chi connectivity index (χ0n) is 13.9. The molecule has 0 bridgehead atoms. The van der Waals surface area contributed by atoms with Gasteiger partial charge in [-0.15, -0.1) is 21.5 Å². The number of nitrogens with zero attached hydrogens (tertiary/aromatic N) is 3. The number of carbonyl (C=O) groups is 1. The molecule has 0 aliphatic carbocycles. The molecule has 134 valence electrons. The number of thioether (sulfide) groups is 2. The summed E-state index contributed by atoms with van der Waals surface area (Å²) in [6.07, 6.45) is 1.66. The van der Waals surface area contributed by atoms with Crippen molar-refractivity contribution in [3.05, 3.63) is 57.8 Å². The van der Waals surface area contributed by atoms with E-state index < -0.39 is 0 Å². The largest absolute Gasteiger partial charge is 0.272 e. The quantitative estimate of drug-likeness (QED) is 0.331. The molecule has 5 nitrogen and oxygen atoms in total. The second kappa shape index (κ2) is 9.86. The number of amides is 1. The van der Waals surface area contributed by atoms with Crippen molar-refractivity contribution in [2.24, 2.45) is 5.10 Å². The zero-order valence-corrected chi connectivity index (χ0v) is 17.2. The van der Waals surface area contributed by atoms with Gasteiger partial charge in [0.1, 0.15) is 0 Å². The molecule has 9 heteroatoms. The number of hydrazone groups is 1. The Kier molecular flexibility index (Phi) is 7.24. The van der Waals surface area contributed by atoms with Gasteiger partial charge in [0.05, 0.1) is 12.0 Å². The lowest BCUT2D eigenvalue weighted by Gasteiger charge is -1.97. The minimum absolute atomic E-state index is 0.159. The fourth-order valence-corrected chi connectivity index (χ4v) is 5.40. The summed E-state index contributed by atoms with van der Waals surface area (Å²) in [7, 11) is 0. The highest BCUT2D eigenvalue weighted by Gasteiger charge is 2.08. The van der Waals surface area contributed by atoms with Gasteiger partial charge in [-0.3, -0.25) is 4.79 Å². The molecule has 3 rings (SSSR count). The van der Waals surface area contributed by atoms with Crippen molar-refractivity contribution in [3.8, 4) is 0 Å². The first-order chi connectivity index (χ1) is 12.7. The van der Waals surface area contributed by atoms with Crippen molar-refractivity contribution in [1.29, 1.82) is 0 Å². The van der Waals surface area contributed by atoms with Gasteiger partial charge >= 0.3 is 0 Å². The second-order valence-corrected chi connectivity index (χ2v) is 9.88. The molecule has 0 unspecified atom stereocenters. The lowest BCUT2D eigenvalue weighted by Crippen LogP contribution is -2.19. The van der Waals surface area contributed by atoms with Gasteiger partial charge in [-0.2, -0.15) is 5.10 Å². The maximum absolute atomic E-state index is 11.8. The number of rotatable bonds is 8. The Bertz CT molecular complexity index is 876. The van der Waals surface area contributed by atoms with Crippen LogP contribution in [-0.4, -0.2) is 28.1 Å². The van der Waals surface area contributed by atoms with E-state index in [1.165, 1.54) is 33.5 Å². The number of hydrogen-bond acceptors (Lipinski definition) is 8. The summed E-state index contributed by atoms with van der Waals surface area (Å²) >= 11 is 6.16. The highest BCUT2D eigenvalue weighted by atomic mass is 32.2. The van der Waals surface area contributed by atoms with Gasteiger partial charge < -0.3 is 0 Å². The van der Waals surface area contributed by atoms with Crippen molar-refractivity contribution < 1.29 is 4.79 Å². The summed E-state index contributed by atoms with van der Waals surface area (Å²) in [6.45, 7) is 2.03. The van der Waals surface area contributed by atoms with Crippen LogP contribution in [0.4, 0.5) is 0 Å². The molecular formula is C17H16N4OS4. The average Bonchev–Trinajstić information content (AvgIpc) is 3.28. The molecule has 1 N–H and O–H groups in total. The van der Waals surface area contributed by atoms with E-state index in [-0.39, 0.29) is 11.7 Å². The van der Waals surface area contributed by atoms with E-state index in [1.807, 2.05) is 37.3 Å². The van der Waals surface area contributed by atoms with Crippen LogP contribution in [0.3, 0.4) is 0 Å². The minimum Gasteiger partial charge on any atom is -0.272 e. The third-order valence-corrected chi connectivity index (χ3v) is 7.26. The van der Waals surface area contributed by atoms with E-state index in [0.29, 0.717) is 0 Å². The highest BCUT2D eigenvalue weighted by Crippen LogP contribution is 2.30. The van der Waals surface area contributed by atoms with Crippen LogP contribution in [0.25, 0.3) is 0 Å². The van der Waals surface area contributed by atoms with E-state index >= 15 is 0 Å². The first-order valence-electron chi connectivity index (χ1n) is 7.70. The van der Waals surface area contributed by atoms with Crippen molar-refractivity contribution in [2.75, 3.05) is 5.75 Å². The second-order valence-electron chi connectivity index (χ2n) is 5.14. The Labute approximate surface area is 168 Å². The standard InChI is InChI=1S/C17H16N4OS4/c1-12-7-8-14(25-12)9-18-19-15(22)11-24-17-21-20-16(26-17)23-10-13-5-3-2-4-6-13/h2-9H,10-11H2,1H3,(H,19,22). The molecule has 0 spiro atoms. The highest BCUT2D eigenvalue weighted by molar-refractivity contribution is 8.03. The Morgan fingerprint density at radius 3 is 2.62 bits per heavy atom. The maximum Gasteiger partial charge on any atom is 0.250 e. The number of hydrogen-bond donors (Lipinski definition) is 1. The number of benzene rings is 1. The third kappa shape index (κ3) is 6.24. The van der Waals surface area contributed by atoms with Crippen LogP contribution in [0.2, 0.25) is 0 Å². The fraction of sp³-hybridized carbons (Fsp3) is 0.176. The number of carbonyl (C=O) groups excluding carboxylic acids is 1. The molecule has 0 aliphatic rings. The number of thiophene rings is 1. The van der Waals surface area contributed by atoms with Crippen LogP contribution < -0.4 is 5.43 Å². The molecule has 1 amide bonds. The summed E-state index contributed by atoms with van der Waals surface area (Å²) in [6, 6.07) is 14.2. The van der Waals surface area contributed by atoms with Crippen LogP contribution in [0, 0.1) is 6.92 Å². The monoisotopic (exact) mass is 420 g/mol. The van der Waals surface area contributed by atoms with Crippen molar-refractivity contribution >= 4 is 58.3 Å². The SMILES string of the molecule is Cc1ccc(C=NNC(=O)CSc2nnc(SCc3ccccc3)s2)s1. The predicted octanol–water partition coefficient (Wildman–Crippen LogP) is 4.44. The summed E-state index contributed by atoms with van der Waals surface area (Å²) < 4.78 is 1.69. The van der Waals surface area contributed by atoms with Crippen LogP contribution in [0.15, 0.2) is 56.2 Å². The molecule has 0 saturated heterocycles. The van der Waals surface area contributed by atoms with Gasteiger partial charge in [0, 0.05) is 15.5 Å². The first-order valence-corrected chi connectivity index (χ1v) is 11.3. The molecule has 2 aromatic heterocycles. The predicted molar refractivity (Wildman–Crippen MR) is 111 cm³/mol. The summed E-state index contributed by atoms with van der Waals surface area (Å²) in [5, 5.41) is 12.3. The zero-order chi connectivity index (χ0) is 18.2. The van der Waals surface area contributed by atoms with Gasteiger partial charge in [0.2, 0.25) is 0 Å². The van der Waals surface area contributed by atoms with Gasteiger partial charge in [-0.05, 0) is 24.6 Å². The topological polar surface area (TPSA) is 67.2 Å². The van der Waals surface area contributed by atoms with Crippen molar-refractivity contribution in [3.63, 3.8) is 0 Å². The molecule has 26 heavy (non-hydrogen) atoms. The van der Waals surface area contributed by atoms with Gasteiger partial charge in [-0.25, -0.2) is 5.43 Å². The van der Waals surface area contributed by atoms with Gasteiger partial charge in [0.25, 0.3) is 5.91 Å². The Morgan fingerprint density at radius 2 is 1.88 bits per heavy atom. The van der Waals surface area contributed by atoms with E-state index in [4.69, 9.17) is 0 Å². The van der Waals surface area contributed by atoms with Crippen molar-refractivity contribution in [1.82, 2.24) is 15.6 Å². The molecular weight excluding hydrogens is 404 g/mol. The van der Waals surface area contributed by atoms with Crippen LogP contribution in [-0.2, 0) is 10.5 Å². The van der Waals surface area contributed by atoms with E-state index in [1.54, 1.807) is 29.3 Å². The van der Waals surface area contributed by atoms with Crippen LogP contribution in [0.1, 0.15) is 15.3 Å². The molecule has 0 fully saturated rings. The van der Waals surface area contributed by atoms with E-state index in [2.05, 4.69) is 32.9 Å². The molecule has 1 aromatic carbocycles. The number of aryl methyl sites for hydroxylation is 1. The summed E-state index contributed by atoms with van der Waals surface area (Å²) in [5.41, 5.74) is 3.78. The lowest BCUT2D eigenvalue weighted by atomic mass is 10.2. The molecule has 0 atom stereocenters. The van der Waals surface area contributed by atoms with Crippen LogP contribution >= 0.6 is 46.2 Å².